The molecular formula is C29H33N3O3. The Hall–Kier alpha value is -3.41. The molecule has 6 heteroatoms. The minimum atomic E-state index is 0.0713. The van der Waals surface area contributed by atoms with Gasteiger partial charge in [0.25, 0.3) is 5.91 Å². The molecule has 2 aromatic carbocycles. The summed E-state index contributed by atoms with van der Waals surface area (Å²) in [6, 6.07) is 16.0. The summed E-state index contributed by atoms with van der Waals surface area (Å²) < 4.78 is 5.87. The van der Waals surface area contributed by atoms with Gasteiger partial charge in [-0.2, -0.15) is 0 Å². The summed E-state index contributed by atoms with van der Waals surface area (Å²) in [6.07, 6.45) is 9.55. The van der Waals surface area contributed by atoms with Crippen molar-refractivity contribution >= 4 is 22.6 Å². The van der Waals surface area contributed by atoms with Gasteiger partial charge in [-0.05, 0) is 73.2 Å². The lowest BCUT2D eigenvalue weighted by Gasteiger charge is -2.21. The number of amides is 2. The quantitative estimate of drug-likeness (QED) is 0.500. The van der Waals surface area contributed by atoms with Gasteiger partial charge in [0.05, 0.1) is 6.54 Å². The molecule has 3 aromatic rings. The van der Waals surface area contributed by atoms with E-state index in [4.69, 9.17) is 4.74 Å². The topological polar surface area (TPSA) is 62.7 Å². The van der Waals surface area contributed by atoms with Crippen LogP contribution in [0, 0.1) is 5.92 Å². The molecule has 0 aliphatic carbocycles. The molecule has 5 rings (SSSR count). The molecule has 0 radical (unpaired) electrons. The van der Waals surface area contributed by atoms with Crippen LogP contribution >= 0.6 is 0 Å². The van der Waals surface area contributed by atoms with Crippen LogP contribution in [0.4, 0.5) is 0 Å². The van der Waals surface area contributed by atoms with Crippen molar-refractivity contribution in [2.45, 2.75) is 38.5 Å². The second-order valence-electron chi connectivity index (χ2n) is 9.67. The number of aromatic nitrogens is 1. The largest absolute Gasteiger partial charge is 0.492 e. The normalized spacial score (nSPS) is 18.6. The number of hydrogen-bond donors (Lipinski definition) is 0. The molecule has 2 aliphatic heterocycles. The zero-order chi connectivity index (χ0) is 24.0. The van der Waals surface area contributed by atoms with E-state index in [1.165, 1.54) is 16.3 Å². The first-order chi connectivity index (χ1) is 17.2. The molecule has 1 aromatic heterocycles. The number of pyridine rings is 1. The lowest BCUT2D eigenvalue weighted by molar-refractivity contribution is -0.128. The van der Waals surface area contributed by atoms with Gasteiger partial charge in [-0.1, -0.05) is 24.3 Å². The molecule has 0 saturated carbocycles. The first-order valence-corrected chi connectivity index (χ1v) is 12.8. The van der Waals surface area contributed by atoms with Crippen LogP contribution in [0.15, 0.2) is 60.9 Å². The third-order valence-corrected chi connectivity index (χ3v) is 7.30. The van der Waals surface area contributed by atoms with Gasteiger partial charge in [0.2, 0.25) is 5.91 Å². The number of carbonyl (C=O) groups excluding carboxylic acids is 2. The van der Waals surface area contributed by atoms with E-state index >= 15 is 0 Å². The van der Waals surface area contributed by atoms with Crippen molar-refractivity contribution in [3.63, 3.8) is 0 Å². The minimum Gasteiger partial charge on any atom is -0.492 e. The number of carbonyl (C=O) groups is 2. The highest BCUT2D eigenvalue weighted by Crippen LogP contribution is 2.27. The van der Waals surface area contributed by atoms with Gasteiger partial charge in [-0.25, -0.2) is 0 Å². The van der Waals surface area contributed by atoms with Crippen LogP contribution in [0.2, 0.25) is 0 Å². The predicted octanol–water partition coefficient (Wildman–Crippen LogP) is 4.72. The highest BCUT2D eigenvalue weighted by molar-refractivity contribution is 5.94. The summed E-state index contributed by atoms with van der Waals surface area (Å²) >= 11 is 0. The molecule has 1 atom stereocenters. The summed E-state index contributed by atoms with van der Waals surface area (Å²) in [5.41, 5.74) is 2.04. The van der Waals surface area contributed by atoms with E-state index in [1.54, 1.807) is 0 Å². The molecule has 0 spiro atoms. The predicted molar refractivity (Wildman–Crippen MR) is 136 cm³/mol. The van der Waals surface area contributed by atoms with Gasteiger partial charge in [-0.15, -0.1) is 0 Å². The van der Waals surface area contributed by atoms with Crippen molar-refractivity contribution in [1.82, 2.24) is 14.8 Å². The van der Waals surface area contributed by atoms with Crippen molar-refractivity contribution < 1.29 is 14.3 Å². The van der Waals surface area contributed by atoms with E-state index in [0.29, 0.717) is 36.8 Å². The van der Waals surface area contributed by atoms with E-state index in [9.17, 15) is 9.59 Å². The average Bonchev–Trinajstić information content (AvgIpc) is 3.15. The molecule has 3 heterocycles. The summed E-state index contributed by atoms with van der Waals surface area (Å²) in [5, 5.41) is 2.47. The molecule has 2 aliphatic rings. The fourth-order valence-electron chi connectivity index (χ4n) is 5.37. The summed E-state index contributed by atoms with van der Waals surface area (Å²) in [7, 11) is 0. The molecule has 0 unspecified atom stereocenters. The standard InChI is InChI=1S/C29H33N3O3/c33-28-10-4-14-31(28)17-18-35-26-9-2-7-24(20-26)29(34)32-15-3-5-22(12-16-32)19-23-6-1-8-25-21-30-13-11-27(23)25/h1-2,6-9,11,13,20-22H,3-5,10,12,14-19H2/t22-/m0/s1. The number of hydrogen-bond acceptors (Lipinski definition) is 4. The first-order valence-electron chi connectivity index (χ1n) is 12.8. The fourth-order valence-corrected chi connectivity index (χ4v) is 5.37. The molecule has 0 bridgehead atoms. The Balaban J connectivity index is 1.17. The molecular weight excluding hydrogens is 438 g/mol. The SMILES string of the molecule is O=C1CCCN1CCOc1cccc(C(=O)N2CCC[C@H](Cc3cccc4cnccc34)CC2)c1. The van der Waals surface area contributed by atoms with Crippen LogP contribution in [-0.4, -0.2) is 59.4 Å². The number of fused-ring (bicyclic) bond motifs is 1. The van der Waals surface area contributed by atoms with Crippen LogP contribution in [0.5, 0.6) is 5.75 Å². The number of benzene rings is 2. The molecule has 0 N–H and O–H groups in total. The van der Waals surface area contributed by atoms with Crippen LogP contribution in [0.3, 0.4) is 0 Å². The number of likely N-dealkylation sites (tertiary alicyclic amines) is 2. The maximum atomic E-state index is 13.3. The lowest BCUT2D eigenvalue weighted by Crippen LogP contribution is -2.32. The van der Waals surface area contributed by atoms with E-state index < -0.39 is 0 Å². The van der Waals surface area contributed by atoms with Crippen molar-refractivity contribution in [2.75, 3.05) is 32.8 Å². The van der Waals surface area contributed by atoms with Crippen LogP contribution < -0.4 is 4.74 Å². The zero-order valence-corrected chi connectivity index (χ0v) is 20.2. The Morgan fingerprint density at radius 1 is 1.03 bits per heavy atom. The maximum absolute atomic E-state index is 13.3. The van der Waals surface area contributed by atoms with Crippen molar-refractivity contribution in [3.05, 3.63) is 72.1 Å². The molecule has 35 heavy (non-hydrogen) atoms. The Bertz CT molecular complexity index is 1190. The Morgan fingerprint density at radius 3 is 2.83 bits per heavy atom. The molecule has 2 fully saturated rings. The van der Waals surface area contributed by atoms with E-state index in [0.717, 1.165) is 51.7 Å². The molecule has 2 amide bonds. The second kappa shape index (κ2) is 10.9. The lowest BCUT2D eigenvalue weighted by atomic mass is 9.90. The van der Waals surface area contributed by atoms with Crippen molar-refractivity contribution in [1.29, 1.82) is 0 Å². The molecule has 6 nitrogen and oxygen atoms in total. The number of nitrogens with zero attached hydrogens (tertiary/aromatic N) is 3. The van der Waals surface area contributed by atoms with Crippen molar-refractivity contribution in [2.24, 2.45) is 5.92 Å². The fraction of sp³-hybridized carbons (Fsp3) is 0.414. The van der Waals surface area contributed by atoms with Crippen molar-refractivity contribution in [3.8, 4) is 5.75 Å². The highest BCUT2D eigenvalue weighted by Gasteiger charge is 2.23. The number of ether oxygens (including phenoxy) is 1. The Morgan fingerprint density at radius 2 is 1.94 bits per heavy atom. The van der Waals surface area contributed by atoms with Gasteiger partial charge >= 0.3 is 0 Å². The van der Waals surface area contributed by atoms with Gasteiger partial charge in [0.1, 0.15) is 12.4 Å². The van der Waals surface area contributed by atoms with Crippen LogP contribution in [-0.2, 0) is 11.2 Å². The highest BCUT2D eigenvalue weighted by atomic mass is 16.5. The van der Waals surface area contributed by atoms with Crippen LogP contribution in [0.25, 0.3) is 10.8 Å². The summed E-state index contributed by atoms with van der Waals surface area (Å²) in [6.45, 7) is 3.42. The minimum absolute atomic E-state index is 0.0713. The third-order valence-electron chi connectivity index (χ3n) is 7.30. The van der Waals surface area contributed by atoms with Gasteiger partial charge < -0.3 is 14.5 Å². The van der Waals surface area contributed by atoms with E-state index in [2.05, 4.69) is 29.2 Å². The first kappa shape index (κ1) is 23.3. The maximum Gasteiger partial charge on any atom is 0.253 e. The summed E-state index contributed by atoms with van der Waals surface area (Å²) in [5.74, 6) is 1.52. The smallest absolute Gasteiger partial charge is 0.253 e. The zero-order valence-electron chi connectivity index (χ0n) is 20.2. The van der Waals surface area contributed by atoms with Gasteiger partial charge in [0.15, 0.2) is 0 Å². The Kier molecular flexibility index (Phi) is 7.26. The molecule has 182 valence electrons. The van der Waals surface area contributed by atoms with Gasteiger partial charge in [-0.3, -0.25) is 14.6 Å². The molecule has 2 saturated heterocycles. The van der Waals surface area contributed by atoms with Crippen LogP contribution in [0.1, 0.15) is 48.0 Å². The van der Waals surface area contributed by atoms with E-state index in [-0.39, 0.29) is 11.8 Å². The monoisotopic (exact) mass is 471 g/mol. The Labute approximate surface area is 206 Å². The number of rotatable bonds is 7. The van der Waals surface area contributed by atoms with Gasteiger partial charge in [0, 0.05) is 49.4 Å². The second-order valence-corrected chi connectivity index (χ2v) is 9.67. The average molecular weight is 472 g/mol. The van der Waals surface area contributed by atoms with E-state index in [1.807, 2.05) is 46.5 Å². The third kappa shape index (κ3) is 5.64. The summed E-state index contributed by atoms with van der Waals surface area (Å²) in [4.78, 5) is 33.1.